The molecule has 2 N–H and O–H groups in total. The summed E-state index contributed by atoms with van der Waals surface area (Å²) < 4.78 is 55.6. The lowest BCUT2D eigenvalue weighted by Crippen LogP contribution is -2.57. The average Bonchev–Trinajstić information content (AvgIpc) is 2.75. The number of hydrogen-bond acceptors (Lipinski definition) is 5. The Morgan fingerprint density at radius 1 is 1.18 bits per heavy atom. The van der Waals surface area contributed by atoms with Crippen LogP contribution in [-0.2, 0) is 14.6 Å². The van der Waals surface area contributed by atoms with Crippen LogP contribution in [0.2, 0.25) is 0 Å². The smallest absolute Gasteiger partial charge is 0.327 e. The molecular formula is C24H29F2NO6S. The molecule has 34 heavy (non-hydrogen) atoms. The molecule has 1 aliphatic rings. The van der Waals surface area contributed by atoms with Crippen molar-refractivity contribution < 1.29 is 36.6 Å². The average molecular weight is 498 g/mol. The molecule has 0 aromatic heterocycles. The molecule has 7 nitrogen and oxygen atoms in total. The van der Waals surface area contributed by atoms with Crippen LogP contribution in [0.5, 0.6) is 5.75 Å². The quantitative estimate of drug-likeness (QED) is 0.570. The zero-order valence-electron chi connectivity index (χ0n) is 19.3. The lowest BCUT2D eigenvalue weighted by Gasteiger charge is -2.30. The first-order valence-corrected chi connectivity index (χ1v) is 12.9. The number of alkyl halides is 2. The molecular weight excluding hydrogens is 468 g/mol. The summed E-state index contributed by atoms with van der Waals surface area (Å²) in [7, 11) is -3.84. The number of rotatable bonds is 8. The lowest BCUT2D eigenvalue weighted by atomic mass is 9.87. The van der Waals surface area contributed by atoms with Gasteiger partial charge in [-0.3, -0.25) is 4.79 Å². The first-order chi connectivity index (χ1) is 15.7. The standard InChI is InChI=1S/C24H29F2NO6S/c1-23(2,34(3,31)32)20(22(29)30)27-21(28)18-9-8-16-6-4-5-7-17(16)19(18)33-14-15-10-12-24(25,26)13-11-15/h4-9,15,20H,10-14H2,1-3H3,(H,27,28)(H,29,30)/t20-/m1/s1. The Labute approximate surface area is 197 Å². The molecule has 0 unspecified atom stereocenters. The van der Waals surface area contributed by atoms with Crippen LogP contribution in [0, 0.1) is 5.92 Å². The highest BCUT2D eigenvalue weighted by Gasteiger charge is 2.45. The summed E-state index contributed by atoms with van der Waals surface area (Å²) in [6, 6.07) is 8.57. The third-order valence-corrected chi connectivity index (χ3v) is 8.74. The fourth-order valence-electron chi connectivity index (χ4n) is 4.00. The van der Waals surface area contributed by atoms with E-state index in [0.29, 0.717) is 18.2 Å². The Morgan fingerprint density at radius 3 is 2.38 bits per heavy atom. The van der Waals surface area contributed by atoms with Crippen LogP contribution in [-0.4, -0.2) is 55.0 Å². The summed E-state index contributed by atoms with van der Waals surface area (Å²) in [6.07, 6.45) is 1.06. The molecule has 1 amide bonds. The minimum absolute atomic E-state index is 0.0374. The number of carbonyl (C=O) groups excluding carboxylic acids is 1. The van der Waals surface area contributed by atoms with E-state index >= 15 is 0 Å². The number of amides is 1. The Bertz CT molecular complexity index is 1190. The maximum atomic E-state index is 13.5. The van der Waals surface area contributed by atoms with Gasteiger partial charge in [0.2, 0.25) is 5.92 Å². The van der Waals surface area contributed by atoms with E-state index in [0.717, 1.165) is 11.6 Å². The number of aliphatic carboxylic acids is 1. The minimum Gasteiger partial charge on any atom is -0.492 e. The van der Waals surface area contributed by atoms with Crippen LogP contribution in [0.15, 0.2) is 36.4 Å². The molecule has 1 saturated carbocycles. The van der Waals surface area contributed by atoms with Crippen molar-refractivity contribution in [1.29, 1.82) is 0 Å². The zero-order chi connectivity index (χ0) is 25.3. The number of sulfone groups is 1. The van der Waals surface area contributed by atoms with Gasteiger partial charge in [0, 0.05) is 24.5 Å². The van der Waals surface area contributed by atoms with Crippen LogP contribution in [0.3, 0.4) is 0 Å². The van der Waals surface area contributed by atoms with Crippen molar-refractivity contribution in [3.8, 4) is 5.75 Å². The van der Waals surface area contributed by atoms with Gasteiger partial charge in [-0.2, -0.15) is 0 Å². The number of carboxylic acids is 1. The fraction of sp³-hybridized carbons (Fsp3) is 0.500. The van der Waals surface area contributed by atoms with Gasteiger partial charge in [-0.1, -0.05) is 30.3 Å². The third kappa shape index (κ3) is 5.48. The minimum atomic E-state index is -3.84. The van der Waals surface area contributed by atoms with Gasteiger partial charge in [0.1, 0.15) is 11.8 Å². The van der Waals surface area contributed by atoms with Crippen LogP contribution in [0.1, 0.15) is 49.9 Å². The van der Waals surface area contributed by atoms with Crippen LogP contribution < -0.4 is 10.1 Å². The van der Waals surface area contributed by atoms with Gasteiger partial charge >= 0.3 is 5.97 Å². The lowest BCUT2D eigenvalue weighted by molar-refractivity contribution is -0.140. The van der Waals surface area contributed by atoms with Crippen LogP contribution >= 0.6 is 0 Å². The number of carbonyl (C=O) groups is 2. The van der Waals surface area contributed by atoms with Gasteiger partial charge in [-0.05, 0) is 44.1 Å². The summed E-state index contributed by atoms with van der Waals surface area (Å²) >= 11 is 0. The Morgan fingerprint density at radius 2 is 1.79 bits per heavy atom. The zero-order valence-corrected chi connectivity index (χ0v) is 20.1. The summed E-state index contributed by atoms with van der Waals surface area (Å²) in [6.45, 7) is 2.59. The highest BCUT2D eigenvalue weighted by molar-refractivity contribution is 7.92. The number of carboxylic acid groups (broad SMARTS) is 1. The van der Waals surface area contributed by atoms with Gasteiger partial charge in [-0.25, -0.2) is 22.0 Å². The molecule has 0 bridgehead atoms. The maximum Gasteiger partial charge on any atom is 0.327 e. The normalized spacial score (nSPS) is 17.8. The van der Waals surface area contributed by atoms with Gasteiger partial charge in [0.25, 0.3) is 5.91 Å². The first kappa shape index (κ1) is 25.9. The van der Waals surface area contributed by atoms with E-state index < -0.39 is 38.4 Å². The topological polar surface area (TPSA) is 110 Å². The van der Waals surface area contributed by atoms with Gasteiger partial charge in [0.05, 0.1) is 16.9 Å². The fourth-order valence-corrected chi connectivity index (χ4v) is 4.59. The van der Waals surface area contributed by atoms with E-state index in [1.165, 1.54) is 19.9 Å². The van der Waals surface area contributed by atoms with E-state index in [9.17, 15) is 31.9 Å². The van der Waals surface area contributed by atoms with Crippen molar-refractivity contribution in [2.75, 3.05) is 12.9 Å². The number of nitrogens with one attached hydrogen (secondary N) is 1. The molecule has 1 atom stereocenters. The molecule has 0 saturated heterocycles. The second kappa shape index (κ2) is 9.48. The molecule has 10 heteroatoms. The summed E-state index contributed by atoms with van der Waals surface area (Å²) in [5, 5.41) is 13.4. The van der Waals surface area contributed by atoms with Crippen molar-refractivity contribution in [2.24, 2.45) is 5.92 Å². The van der Waals surface area contributed by atoms with Crippen molar-refractivity contribution in [3.05, 3.63) is 42.0 Å². The number of halogens is 2. The number of fused-ring (bicyclic) bond motifs is 1. The number of hydrogen-bond donors (Lipinski definition) is 2. The van der Waals surface area contributed by atoms with E-state index in [1.807, 2.05) is 12.1 Å². The molecule has 0 heterocycles. The first-order valence-electron chi connectivity index (χ1n) is 11.0. The van der Waals surface area contributed by atoms with Crippen molar-refractivity contribution >= 4 is 32.5 Å². The number of benzene rings is 2. The maximum absolute atomic E-state index is 13.5. The molecule has 3 rings (SSSR count). The Kier molecular flexibility index (Phi) is 7.21. The van der Waals surface area contributed by atoms with E-state index in [4.69, 9.17) is 4.74 Å². The van der Waals surface area contributed by atoms with E-state index in [1.54, 1.807) is 18.2 Å². The molecule has 1 fully saturated rings. The summed E-state index contributed by atoms with van der Waals surface area (Å²) in [4.78, 5) is 25.1. The molecule has 1 aliphatic carbocycles. The highest BCUT2D eigenvalue weighted by atomic mass is 32.2. The van der Waals surface area contributed by atoms with Crippen LogP contribution in [0.4, 0.5) is 8.78 Å². The molecule has 186 valence electrons. The van der Waals surface area contributed by atoms with Crippen molar-refractivity contribution in [2.45, 2.75) is 56.2 Å². The van der Waals surface area contributed by atoms with Crippen molar-refractivity contribution in [1.82, 2.24) is 5.32 Å². The largest absolute Gasteiger partial charge is 0.492 e. The molecule has 0 aliphatic heterocycles. The summed E-state index contributed by atoms with van der Waals surface area (Å²) in [5.74, 6) is -4.87. The van der Waals surface area contributed by atoms with Gasteiger partial charge in [0.15, 0.2) is 9.84 Å². The predicted octanol–water partition coefficient (Wildman–Crippen LogP) is 4.05. The Balaban J connectivity index is 1.92. The van der Waals surface area contributed by atoms with Gasteiger partial charge < -0.3 is 15.2 Å². The molecule has 2 aromatic carbocycles. The second-order valence-electron chi connectivity index (χ2n) is 9.39. The highest BCUT2D eigenvalue weighted by Crippen LogP contribution is 2.37. The predicted molar refractivity (Wildman–Crippen MR) is 124 cm³/mol. The van der Waals surface area contributed by atoms with Crippen LogP contribution in [0.25, 0.3) is 10.8 Å². The molecule has 2 aromatic rings. The second-order valence-corrected chi connectivity index (χ2v) is 12.0. The van der Waals surface area contributed by atoms with Gasteiger partial charge in [-0.15, -0.1) is 0 Å². The van der Waals surface area contributed by atoms with E-state index in [2.05, 4.69) is 5.32 Å². The monoisotopic (exact) mass is 497 g/mol. The third-order valence-electron chi connectivity index (χ3n) is 6.60. The number of ether oxygens (including phenoxy) is 1. The van der Waals surface area contributed by atoms with E-state index in [-0.39, 0.29) is 36.7 Å². The molecule has 0 radical (unpaired) electrons. The Hall–Kier alpha value is -2.75. The SMILES string of the molecule is CC(C)([C@H](NC(=O)c1ccc2ccccc2c1OCC1CCC(F)(F)CC1)C(=O)O)S(C)(=O)=O. The summed E-state index contributed by atoms with van der Waals surface area (Å²) in [5.41, 5.74) is 0.0374. The van der Waals surface area contributed by atoms with Crippen molar-refractivity contribution in [3.63, 3.8) is 0 Å². The molecule has 0 spiro atoms.